The second kappa shape index (κ2) is 5.74. The summed E-state index contributed by atoms with van der Waals surface area (Å²) in [5.74, 6) is -0.953. The fourth-order valence-electron chi connectivity index (χ4n) is 0.898. The van der Waals surface area contributed by atoms with E-state index in [-0.39, 0.29) is 32.3 Å². The van der Waals surface area contributed by atoms with E-state index in [2.05, 4.69) is 0 Å². The van der Waals surface area contributed by atoms with Crippen LogP contribution in [0.5, 0.6) is 0 Å². The van der Waals surface area contributed by atoms with Gasteiger partial charge in [0.1, 0.15) is 12.6 Å². The van der Waals surface area contributed by atoms with E-state index in [1.165, 1.54) is 0 Å². The van der Waals surface area contributed by atoms with Gasteiger partial charge in [-0.05, 0) is 0 Å². The van der Waals surface area contributed by atoms with Gasteiger partial charge >= 0.3 is 29.0 Å². The maximum absolute atomic E-state index is 10.1. The first kappa shape index (κ1) is 14.7. The van der Waals surface area contributed by atoms with Crippen LogP contribution in [0.15, 0.2) is 0 Å². The molecule has 0 aliphatic carbocycles. The van der Waals surface area contributed by atoms with Crippen LogP contribution < -0.4 is 0 Å². The van der Waals surface area contributed by atoms with Crippen molar-refractivity contribution < 1.29 is 22.3 Å². The van der Waals surface area contributed by atoms with Crippen molar-refractivity contribution in [3.8, 4) is 0 Å². The van der Waals surface area contributed by atoms with Gasteiger partial charge in [0.15, 0.2) is 0 Å². The molecular formula is C7H18MgNO3+. The minimum absolute atomic E-state index is 0. The fourth-order valence-corrected chi connectivity index (χ4v) is 0.898. The monoisotopic (exact) mass is 188 g/mol. The molecule has 0 saturated heterocycles. The predicted octanol–water partition coefficient (Wildman–Crippen LogP) is -0.628. The Kier molecular flexibility index (Phi) is 7.02. The third kappa shape index (κ3) is 10.2. The van der Waals surface area contributed by atoms with E-state index in [0.717, 1.165) is 0 Å². The molecule has 0 fully saturated rings. The molecule has 0 aromatic rings. The van der Waals surface area contributed by atoms with Crippen LogP contribution in [0.2, 0.25) is 0 Å². The van der Waals surface area contributed by atoms with Gasteiger partial charge in [-0.15, -0.1) is 0 Å². The largest absolute Gasteiger partial charge is 2.00 e. The molecule has 0 aliphatic rings. The van der Waals surface area contributed by atoms with Crippen LogP contribution in [0.25, 0.3) is 0 Å². The van der Waals surface area contributed by atoms with Gasteiger partial charge in [-0.2, -0.15) is 0 Å². The number of likely N-dealkylation sites (N-methyl/N-ethyl adjacent to an activating group) is 1. The summed E-state index contributed by atoms with van der Waals surface area (Å²) in [7, 11) is 5.72. The van der Waals surface area contributed by atoms with Gasteiger partial charge in [0.05, 0.1) is 27.6 Å². The molecule has 0 amide bonds. The van der Waals surface area contributed by atoms with Crippen molar-refractivity contribution in [1.29, 1.82) is 0 Å². The Morgan fingerprint density at radius 3 is 2.17 bits per heavy atom. The summed E-state index contributed by atoms with van der Waals surface area (Å²) < 4.78 is 0.578. The zero-order valence-electron chi connectivity index (χ0n) is 9.95. The van der Waals surface area contributed by atoms with Gasteiger partial charge in [0.2, 0.25) is 0 Å². The van der Waals surface area contributed by atoms with E-state index in [4.69, 9.17) is 10.2 Å². The number of carbonyl (C=O) groups is 1. The fraction of sp³-hybridized carbons (Fsp3) is 0.857. The van der Waals surface area contributed by atoms with Crippen molar-refractivity contribution in [3.05, 3.63) is 0 Å². The Hall–Kier alpha value is 0.156. The second-order valence-electron chi connectivity index (χ2n) is 3.72. The van der Waals surface area contributed by atoms with Crippen molar-refractivity contribution in [1.82, 2.24) is 0 Å². The molecule has 12 heavy (non-hydrogen) atoms. The van der Waals surface area contributed by atoms with Gasteiger partial charge in [-0.25, -0.2) is 0 Å². The van der Waals surface area contributed by atoms with Crippen LogP contribution in [-0.2, 0) is 4.79 Å². The maximum Gasteiger partial charge on any atom is 2.00 e. The van der Waals surface area contributed by atoms with Crippen LogP contribution in [0.4, 0.5) is 0 Å². The van der Waals surface area contributed by atoms with Crippen molar-refractivity contribution in [2.75, 3.05) is 27.7 Å². The van der Waals surface area contributed by atoms with Crippen molar-refractivity contribution in [2.45, 2.75) is 12.5 Å². The quantitative estimate of drug-likeness (QED) is 0.456. The first-order valence-electron chi connectivity index (χ1n) is 3.51. The Morgan fingerprint density at radius 2 is 1.92 bits per heavy atom. The van der Waals surface area contributed by atoms with E-state index in [0.29, 0.717) is 11.0 Å². The zero-order chi connectivity index (χ0) is 9.07. The summed E-state index contributed by atoms with van der Waals surface area (Å²) in [5.41, 5.74) is 0. The molecule has 0 aliphatic heterocycles. The molecule has 1 atom stereocenters. The number of aliphatic carboxylic acids is 1. The molecule has 4 nitrogen and oxygen atoms in total. The molecule has 0 heterocycles. The van der Waals surface area contributed by atoms with Crippen LogP contribution in [0.1, 0.15) is 9.27 Å². The maximum atomic E-state index is 10.1. The van der Waals surface area contributed by atoms with Gasteiger partial charge in [-0.3, -0.25) is 4.79 Å². The average molecular weight is 189 g/mol. The van der Waals surface area contributed by atoms with Crippen molar-refractivity contribution in [2.24, 2.45) is 0 Å². The molecule has 70 valence electrons. The predicted molar refractivity (Wildman–Crippen MR) is 49.1 cm³/mol. The Morgan fingerprint density at radius 1 is 1.50 bits per heavy atom. The first-order valence-corrected chi connectivity index (χ1v) is 3.51. The third-order valence-corrected chi connectivity index (χ3v) is 1.17. The number of hydrogen-bond donors (Lipinski definition) is 2. The topological polar surface area (TPSA) is 57.5 Å². The molecule has 0 rings (SSSR count). The summed E-state index contributed by atoms with van der Waals surface area (Å²) >= 11 is 0. The Balaban J connectivity index is -0.000000167. The molecule has 0 bridgehead atoms. The van der Waals surface area contributed by atoms with Crippen molar-refractivity contribution in [3.63, 3.8) is 0 Å². The van der Waals surface area contributed by atoms with Crippen molar-refractivity contribution >= 4 is 29.0 Å². The number of hydrogen-bond acceptors (Lipinski definition) is 2. The summed E-state index contributed by atoms with van der Waals surface area (Å²) in [6.07, 6.45) is -0.914. The minimum atomic E-state index is -0.953. The van der Waals surface area contributed by atoms with E-state index >= 15 is 0 Å². The normalized spacial score (nSPS) is 13.3. The number of quaternary nitrogens is 1. The van der Waals surface area contributed by atoms with Gasteiger partial charge in [0, 0.05) is 0 Å². The van der Waals surface area contributed by atoms with Gasteiger partial charge < -0.3 is 17.5 Å². The molecule has 0 saturated carbocycles. The summed E-state index contributed by atoms with van der Waals surface area (Å²) in [6.45, 7) is 0.465. The van der Waals surface area contributed by atoms with Gasteiger partial charge in [-0.1, -0.05) is 0 Å². The summed E-state index contributed by atoms with van der Waals surface area (Å²) in [4.78, 5) is 10.1. The van der Waals surface area contributed by atoms with Crippen LogP contribution >= 0.6 is 0 Å². The molecule has 2 N–H and O–H groups in total. The Labute approximate surface area is 91.9 Å². The van der Waals surface area contributed by atoms with E-state index < -0.39 is 12.1 Å². The van der Waals surface area contributed by atoms with E-state index in [1.54, 1.807) is 0 Å². The van der Waals surface area contributed by atoms with Crippen LogP contribution in [0.3, 0.4) is 0 Å². The number of aliphatic hydroxyl groups is 1. The molecule has 0 aromatic carbocycles. The number of carboxylic acids is 1. The summed E-state index contributed by atoms with van der Waals surface area (Å²) in [6, 6.07) is 0. The smallest absolute Gasteiger partial charge is 1.00 e. The molecule has 0 unspecified atom stereocenters. The minimum Gasteiger partial charge on any atom is -1.00 e. The average Bonchev–Trinajstić information content (AvgIpc) is 1.53. The molecule has 0 aromatic heterocycles. The van der Waals surface area contributed by atoms with Gasteiger partial charge in [0.25, 0.3) is 0 Å². The number of carboxylic acid groups (broad SMARTS) is 1. The van der Waals surface area contributed by atoms with E-state index in [1.807, 2.05) is 21.1 Å². The molecular weight excluding hydrogens is 170 g/mol. The molecule has 5 heteroatoms. The van der Waals surface area contributed by atoms with Crippen LogP contribution in [-0.4, -0.2) is 77.5 Å². The number of rotatable bonds is 4. The molecule has 0 spiro atoms. The SMILES string of the molecule is C[N+](C)(C)C[C@H](O)CC(=O)O.[H-].[H-].[Mg+2]. The second-order valence-corrected chi connectivity index (χ2v) is 3.72. The standard InChI is InChI=1S/C7H15NO3.Mg.2H/c1-8(2,3)5-6(9)4-7(10)11;;;/h6,9H,4-5H2,1-3H3;;;/q;+2;2*-1/p+1/t6-;;;/m1.../s1. The summed E-state index contributed by atoms with van der Waals surface area (Å²) in [5, 5.41) is 17.5. The Bertz CT molecular complexity index is 152. The molecule has 0 radical (unpaired) electrons. The third-order valence-electron chi connectivity index (χ3n) is 1.17. The van der Waals surface area contributed by atoms with E-state index in [9.17, 15) is 4.79 Å². The van der Waals surface area contributed by atoms with Crippen LogP contribution in [0, 0.1) is 0 Å². The zero-order valence-corrected chi connectivity index (χ0v) is 9.36. The number of aliphatic hydroxyl groups excluding tert-OH is 1. The number of nitrogens with zero attached hydrogens (tertiary/aromatic N) is 1. The first-order chi connectivity index (χ1) is 4.81.